The third-order valence-electron chi connectivity index (χ3n) is 4.99. The van der Waals surface area contributed by atoms with Gasteiger partial charge in [0.1, 0.15) is 12.4 Å². The molecule has 2 aliphatic rings. The minimum atomic E-state index is -0.196. The Balaban J connectivity index is 1.49. The van der Waals surface area contributed by atoms with Crippen LogP contribution in [0.1, 0.15) is 24.8 Å². The molecule has 4 rings (SSSR count). The van der Waals surface area contributed by atoms with Crippen molar-refractivity contribution in [3.8, 4) is 5.75 Å². The van der Waals surface area contributed by atoms with E-state index in [2.05, 4.69) is 10.0 Å². The van der Waals surface area contributed by atoms with Crippen LogP contribution < -0.4 is 9.75 Å². The molecule has 0 saturated carbocycles. The number of anilines is 1. The number of hydrogen-bond acceptors (Lipinski definition) is 5. The third kappa shape index (κ3) is 4.34. The smallest absolute Gasteiger partial charge is 0.285 e. The molecule has 0 N–H and O–H groups in total. The quantitative estimate of drug-likeness (QED) is 0.773. The average molecular weight is 379 g/mol. The SMILES string of the molecule is O=C1COC(c2ccccc2OCCN2CCCCC2)=NN1c1ccccc1. The van der Waals surface area contributed by atoms with E-state index in [0.717, 1.165) is 36.6 Å². The van der Waals surface area contributed by atoms with E-state index < -0.39 is 0 Å². The van der Waals surface area contributed by atoms with Gasteiger partial charge in [0, 0.05) is 6.54 Å². The molecule has 0 aromatic heterocycles. The van der Waals surface area contributed by atoms with Crippen LogP contribution >= 0.6 is 0 Å². The summed E-state index contributed by atoms with van der Waals surface area (Å²) in [7, 11) is 0. The first-order valence-electron chi connectivity index (χ1n) is 9.85. The number of hydrazone groups is 1. The van der Waals surface area contributed by atoms with E-state index in [-0.39, 0.29) is 12.5 Å². The summed E-state index contributed by atoms with van der Waals surface area (Å²) < 4.78 is 11.7. The number of rotatable bonds is 6. The molecular formula is C22H25N3O3. The number of ether oxygens (including phenoxy) is 2. The maximum atomic E-state index is 12.3. The van der Waals surface area contributed by atoms with Gasteiger partial charge in [0.2, 0.25) is 5.90 Å². The number of amides is 1. The number of carbonyl (C=O) groups is 1. The summed E-state index contributed by atoms with van der Waals surface area (Å²) in [6, 6.07) is 17.1. The van der Waals surface area contributed by atoms with Gasteiger partial charge in [0.05, 0.1) is 11.3 Å². The fraction of sp³-hybridized carbons (Fsp3) is 0.364. The molecule has 0 spiro atoms. The number of para-hydroxylation sites is 2. The van der Waals surface area contributed by atoms with E-state index in [1.807, 2.05) is 54.6 Å². The van der Waals surface area contributed by atoms with Crippen molar-refractivity contribution < 1.29 is 14.3 Å². The lowest BCUT2D eigenvalue weighted by molar-refractivity contribution is -0.121. The minimum absolute atomic E-state index is 0.0458. The second kappa shape index (κ2) is 8.89. The lowest BCUT2D eigenvalue weighted by atomic mass is 10.1. The fourth-order valence-electron chi connectivity index (χ4n) is 3.51. The number of benzene rings is 2. The Morgan fingerprint density at radius 1 is 0.964 bits per heavy atom. The van der Waals surface area contributed by atoms with E-state index in [4.69, 9.17) is 9.47 Å². The normalized spacial score (nSPS) is 17.8. The van der Waals surface area contributed by atoms with Gasteiger partial charge in [0.25, 0.3) is 5.91 Å². The molecule has 0 atom stereocenters. The van der Waals surface area contributed by atoms with Crippen LogP contribution in [-0.4, -0.2) is 49.6 Å². The lowest BCUT2D eigenvalue weighted by Crippen LogP contribution is -2.37. The van der Waals surface area contributed by atoms with Crippen molar-refractivity contribution >= 4 is 17.5 Å². The molecule has 2 aromatic carbocycles. The molecule has 1 fully saturated rings. The predicted molar refractivity (Wildman–Crippen MR) is 109 cm³/mol. The van der Waals surface area contributed by atoms with Crippen LogP contribution in [0, 0.1) is 0 Å². The van der Waals surface area contributed by atoms with E-state index in [0.29, 0.717) is 12.5 Å². The monoisotopic (exact) mass is 379 g/mol. The molecule has 0 bridgehead atoms. The first-order valence-corrected chi connectivity index (χ1v) is 9.85. The summed E-state index contributed by atoms with van der Waals surface area (Å²) in [6.45, 7) is 3.78. The molecule has 146 valence electrons. The minimum Gasteiger partial charge on any atom is -0.491 e. The average Bonchev–Trinajstić information content (AvgIpc) is 2.76. The van der Waals surface area contributed by atoms with Crippen LogP contribution in [0.2, 0.25) is 0 Å². The predicted octanol–water partition coefficient (Wildman–Crippen LogP) is 3.28. The summed E-state index contributed by atoms with van der Waals surface area (Å²) in [5.41, 5.74) is 1.48. The van der Waals surface area contributed by atoms with E-state index in [1.54, 1.807) is 0 Å². The Labute approximate surface area is 165 Å². The van der Waals surface area contributed by atoms with Gasteiger partial charge in [-0.3, -0.25) is 9.69 Å². The Kier molecular flexibility index (Phi) is 5.87. The Morgan fingerprint density at radius 2 is 1.71 bits per heavy atom. The summed E-state index contributed by atoms with van der Waals surface area (Å²) in [5.74, 6) is 0.927. The molecule has 28 heavy (non-hydrogen) atoms. The molecule has 6 heteroatoms. The molecule has 6 nitrogen and oxygen atoms in total. The van der Waals surface area contributed by atoms with Crippen LogP contribution in [0.25, 0.3) is 0 Å². The first kappa shape index (κ1) is 18.5. The van der Waals surface area contributed by atoms with Gasteiger partial charge in [-0.1, -0.05) is 36.8 Å². The maximum Gasteiger partial charge on any atom is 0.285 e. The van der Waals surface area contributed by atoms with Crippen LogP contribution in [-0.2, 0) is 9.53 Å². The van der Waals surface area contributed by atoms with Crippen molar-refractivity contribution in [3.05, 3.63) is 60.2 Å². The first-order chi connectivity index (χ1) is 13.8. The number of carbonyl (C=O) groups excluding carboxylic acids is 1. The Hall–Kier alpha value is -2.86. The van der Waals surface area contributed by atoms with Crippen molar-refractivity contribution in [2.75, 3.05) is 37.9 Å². The zero-order chi connectivity index (χ0) is 19.2. The molecule has 2 aromatic rings. The highest BCUT2D eigenvalue weighted by Crippen LogP contribution is 2.24. The zero-order valence-corrected chi connectivity index (χ0v) is 15.9. The molecule has 2 aliphatic heterocycles. The molecule has 1 amide bonds. The maximum absolute atomic E-state index is 12.3. The van der Waals surface area contributed by atoms with Crippen LogP contribution in [0.4, 0.5) is 5.69 Å². The van der Waals surface area contributed by atoms with Crippen molar-refractivity contribution in [3.63, 3.8) is 0 Å². The lowest BCUT2D eigenvalue weighted by Gasteiger charge is -2.27. The van der Waals surface area contributed by atoms with Gasteiger partial charge < -0.3 is 9.47 Å². The van der Waals surface area contributed by atoms with Gasteiger partial charge in [0.15, 0.2) is 6.61 Å². The summed E-state index contributed by atoms with van der Waals surface area (Å²) in [6.07, 6.45) is 3.86. The highest BCUT2D eigenvalue weighted by Gasteiger charge is 2.25. The van der Waals surface area contributed by atoms with Gasteiger partial charge >= 0.3 is 0 Å². The summed E-state index contributed by atoms with van der Waals surface area (Å²) in [5, 5.41) is 5.84. The molecule has 0 unspecified atom stereocenters. The van der Waals surface area contributed by atoms with E-state index in [9.17, 15) is 4.79 Å². The van der Waals surface area contributed by atoms with Gasteiger partial charge in [-0.2, -0.15) is 5.01 Å². The second-order valence-electron chi connectivity index (χ2n) is 6.98. The molecule has 0 aliphatic carbocycles. The Bertz CT molecular complexity index is 832. The van der Waals surface area contributed by atoms with Crippen molar-refractivity contribution in [1.82, 2.24) is 4.90 Å². The largest absolute Gasteiger partial charge is 0.491 e. The molecular weight excluding hydrogens is 354 g/mol. The highest BCUT2D eigenvalue weighted by atomic mass is 16.5. The van der Waals surface area contributed by atoms with Crippen LogP contribution in [0.5, 0.6) is 5.75 Å². The molecule has 2 heterocycles. The van der Waals surface area contributed by atoms with Gasteiger partial charge in [-0.25, -0.2) is 0 Å². The highest BCUT2D eigenvalue weighted by molar-refractivity contribution is 6.05. The number of nitrogens with zero attached hydrogens (tertiary/aromatic N) is 3. The van der Waals surface area contributed by atoms with Crippen molar-refractivity contribution in [1.29, 1.82) is 0 Å². The summed E-state index contributed by atoms with van der Waals surface area (Å²) >= 11 is 0. The molecule has 0 radical (unpaired) electrons. The van der Waals surface area contributed by atoms with E-state index in [1.165, 1.54) is 24.3 Å². The summed E-state index contributed by atoms with van der Waals surface area (Å²) in [4.78, 5) is 14.7. The van der Waals surface area contributed by atoms with Crippen molar-refractivity contribution in [2.24, 2.45) is 5.10 Å². The third-order valence-corrected chi connectivity index (χ3v) is 4.99. The van der Waals surface area contributed by atoms with Gasteiger partial charge in [-0.05, 0) is 50.2 Å². The standard InChI is InChI=1S/C22H25N3O3/c26-21-17-28-22(23-25(21)18-9-3-1-4-10-18)19-11-5-6-12-20(19)27-16-15-24-13-7-2-8-14-24/h1,3-6,9-12H,2,7-8,13-17H2. The zero-order valence-electron chi connectivity index (χ0n) is 15.9. The number of hydrogen-bond donors (Lipinski definition) is 0. The van der Waals surface area contributed by atoms with Crippen LogP contribution in [0.3, 0.4) is 0 Å². The molecule has 1 saturated heterocycles. The number of piperidine rings is 1. The van der Waals surface area contributed by atoms with Gasteiger partial charge in [-0.15, -0.1) is 5.10 Å². The number of likely N-dealkylation sites (tertiary alicyclic amines) is 1. The second-order valence-corrected chi connectivity index (χ2v) is 6.98. The Morgan fingerprint density at radius 3 is 2.54 bits per heavy atom. The fourth-order valence-corrected chi connectivity index (χ4v) is 3.51. The van der Waals surface area contributed by atoms with Crippen LogP contribution in [0.15, 0.2) is 59.7 Å². The van der Waals surface area contributed by atoms with Crippen molar-refractivity contribution in [2.45, 2.75) is 19.3 Å². The van der Waals surface area contributed by atoms with E-state index >= 15 is 0 Å². The topological polar surface area (TPSA) is 54.4 Å².